The van der Waals surface area contributed by atoms with E-state index in [0.29, 0.717) is 6.67 Å². The van der Waals surface area contributed by atoms with Gasteiger partial charge in [-0.25, -0.2) is 4.98 Å². The number of nitrogens with zero attached hydrogens (tertiary/aromatic N) is 4. The van der Waals surface area contributed by atoms with Gasteiger partial charge in [0.05, 0.1) is 23.4 Å². The quantitative estimate of drug-likeness (QED) is 0.153. The summed E-state index contributed by atoms with van der Waals surface area (Å²) in [6, 6.07) is 55.0. The van der Waals surface area contributed by atoms with Crippen molar-refractivity contribution in [3.8, 4) is 17.3 Å². The van der Waals surface area contributed by atoms with Gasteiger partial charge < -0.3 is 14.5 Å². The first-order chi connectivity index (χ1) is 30.4. The maximum atomic E-state index is 7.24. The van der Waals surface area contributed by atoms with Gasteiger partial charge in [-0.15, -0.1) is 0 Å². The van der Waals surface area contributed by atoms with E-state index >= 15 is 0 Å². The lowest BCUT2D eigenvalue weighted by Gasteiger charge is -2.29. The second-order valence-electron chi connectivity index (χ2n) is 21.1. The Kier molecular flexibility index (Phi) is 10.6. The van der Waals surface area contributed by atoms with E-state index in [1.54, 1.807) is 0 Å². The monoisotopic (exact) mass is 842 g/mol. The first-order valence-electron chi connectivity index (χ1n) is 22.7. The van der Waals surface area contributed by atoms with Crippen LogP contribution in [0.25, 0.3) is 33.3 Å². The lowest BCUT2D eigenvalue weighted by Crippen LogP contribution is -2.27. The summed E-state index contributed by atoms with van der Waals surface area (Å²) in [5.41, 5.74) is 12.4. The van der Waals surface area contributed by atoms with Crippen LogP contribution < -0.4 is 14.5 Å². The van der Waals surface area contributed by atoms with Gasteiger partial charge in [0.15, 0.2) is 0 Å². The maximum absolute atomic E-state index is 7.24. The van der Waals surface area contributed by atoms with E-state index in [-0.39, 0.29) is 21.7 Å². The van der Waals surface area contributed by atoms with Gasteiger partial charge in [-0.1, -0.05) is 167 Å². The van der Waals surface area contributed by atoms with E-state index in [9.17, 15) is 0 Å². The summed E-state index contributed by atoms with van der Waals surface area (Å²) in [5.74, 6) is 2.47. The summed E-state index contributed by atoms with van der Waals surface area (Å²) < 4.78 is 9.57. The van der Waals surface area contributed by atoms with Crippen molar-refractivity contribution in [1.29, 1.82) is 0 Å². The number of hydrogen-bond donors (Lipinski definition) is 0. The summed E-state index contributed by atoms with van der Waals surface area (Å²) in [6.45, 7) is 25.8. The minimum atomic E-state index is -0.366. The van der Waals surface area contributed by atoms with Gasteiger partial charge in [-0.3, -0.25) is 4.57 Å². The van der Waals surface area contributed by atoms with E-state index in [1.807, 2.05) is 6.20 Å². The van der Waals surface area contributed by atoms with E-state index in [1.165, 1.54) is 49.8 Å². The van der Waals surface area contributed by atoms with Crippen molar-refractivity contribution in [3.05, 3.63) is 197 Å². The van der Waals surface area contributed by atoms with Crippen LogP contribution >= 0.6 is 0 Å². The Hall–Kier alpha value is -6.59. The number of hydrogen-bond acceptors (Lipinski definition) is 4. The molecule has 0 amide bonds. The van der Waals surface area contributed by atoms with Crippen LogP contribution in [0.5, 0.6) is 11.5 Å². The van der Waals surface area contributed by atoms with Gasteiger partial charge in [0.25, 0.3) is 0 Å². The Morgan fingerprint density at radius 3 is 1.81 bits per heavy atom. The number of rotatable bonds is 8. The zero-order valence-corrected chi connectivity index (χ0v) is 39.5. The Balaban J connectivity index is 1.22. The van der Waals surface area contributed by atoms with Gasteiger partial charge in [-0.2, -0.15) is 0 Å². The van der Waals surface area contributed by atoms with Crippen molar-refractivity contribution >= 4 is 38.9 Å². The lowest BCUT2D eigenvalue weighted by molar-refractivity contribution is 0.477. The van der Waals surface area contributed by atoms with E-state index < -0.39 is 0 Å². The molecule has 0 radical (unpaired) electrons. The van der Waals surface area contributed by atoms with E-state index in [4.69, 9.17) is 9.72 Å². The second kappa shape index (κ2) is 15.9. The molecule has 5 heteroatoms. The summed E-state index contributed by atoms with van der Waals surface area (Å²) in [5, 5.41) is 2.39. The zero-order chi connectivity index (χ0) is 45.2. The Bertz CT molecular complexity index is 3030. The molecule has 0 unspecified atom stereocenters. The fraction of sp³-hybridized carbons (Fsp3) is 0.271. The molecule has 1 aliphatic rings. The minimum absolute atomic E-state index is 0.0276. The smallest absolute Gasteiger partial charge is 0.137 e. The highest BCUT2D eigenvalue weighted by atomic mass is 16.5. The summed E-state index contributed by atoms with van der Waals surface area (Å²) >= 11 is 0. The van der Waals surface area contributed by atoms with Gasteiger partial charge >= 0.3 is 0 Å². The van der Waals surface area contributed by atoms with Gasteiger partial charge in [0.1, 0.15) is 17.3 Å². The molecule has 9 rings (SSSR count). The van der Waals surface area contributed by atoms with Crippen molar-refractivity contribution in [2.24, 2.45) is 0 Å². The topological polar surface area (TPSA) is 33.5 Å². The highest BCUT2D eigenvalue weighted by Gasteiger charge is 2.31. The average Bonchev–Trinajstić information content (AvgIpc) is 3.86. The fourth-order valence-electron chi connectivity index (χ4n) is 9.11. The average molecular weight is 843 g/mol. The lowest BCUT2D eigenvalue weighted by atomic mass is 9.76. The summed E-state index contributed by atoms with van der Waals surface area (Å²) in [7, 11) is 0. The third kappa shape index (κ3) is 8.09. The molecule has 1 aliphatic heterocycles. The maximum Gasteiger partial charge on any atom is 0.137 e. The normalized spacial score (nSPS) is 13.8. The molecule has 0 N–H and O–H groups in total. The molecule has 3 heterocycles. The van der Waals surface area contributed by atoms with E-state index in [2.05, 4.69) is 248 Å². The molecule has 6 aromatic carbocycles. The molecule has 0 aliphatic carbocycles. The molecule has 64 heavy (non-hydrogen) atoms. The molecule has 324 valence electrons. The number of anilines is 2. The molecule has 5 nitrogen and oxygen atoms in total. The molecule has 0 atom stereocenters. The van der Waals surface area contributed by atoms with Crippen molar-refractivity contribution in [1.82, 2.24) is 9.55 Å². The van der Waals surface area contributed by atoms with Crippen LogP contribution in [-0.4, -0.2) is 16.2 Å². The first kappa shape index (κ1) is 42.7. The fourth-order valence-corrected chi connectivity index (χ4v) is 9.11. The van der Waals surface area contributed by atoms with Gasteiger partial charge in [0.2, 0.25) is 0 Å². The van der Waals surface area contributed by atoms with Crippen LogP contribution in [0.3, 0.4) is 0 Å². The molecular weight excluding hydrogens is 781 g/mol. The van der Waals surface area contributed by atoms with Crippen molar-refractivity contribution in [3.63, 3.8) is 0 Å². The molecular formula is C59H62N4O. The van der Waals surface area contributed by atoms with Crippen molar-refractivity contribution in [2.45, 2.75) is 97.8 Å². The Labute approximate surface area is 380 Å². The van der Waals surface area contributed by atoms with Gasteiger partial charge in [0, 0.05) is 52.1 Å². The standard InChI is InChI=1S/C59H62N4O/c1-56(2,3)42-25-20-26-45(31-42)62-39-61(38-53(62)40-21-14-12-15-22-40)46-32-44(58(7,8)9)33-47(35-46)64-48-36-50(59(10,11)41-23-16-13-17-24-41)55-49-27-18-19-28-51(49)63(52(55)37-48)54-34-43(29-30-60-54)57(4,5)6/h12-38H,39H2,1-11H3. The Morgan fingerprint density at radius 1 is 0.500 bits per heavy atom. The number of aromatic nitrogens is 2. The van der Waals surface area contributed by atoms with Crippen LogP contribution in [0.1, 0.15) is 110 Å². The predicted octanol–water partition coefficient (Wildman–Crippen LogP) is 15.5. The minimum Gasteiger partial charge on any atom is -0.457 e. The molecule has 0 fully saturated rings. The van der Waals surface area contributed by atoms with Gasteiger partial charge in [-0.05, 0) is 98.2 Å². The van der Waals surface area contributed by atoms with Crippen molar-refractivity contribution < 1.29 is 4.74 Å². The molecule has 0 bridgehead atoms. The number of para-hydroxylation sites is 1. The largest absolute Gasteiger partial charge is 0.457 e. The Morgan fingerprint density at radius 2 is 1.11 bits per heavy atom. The number of ether oxygens (including phenoxy) is 1. The molecule has 0 spiro atoms. The van der Waals surface area contributed by atoms with Crippen LogP contribution in [-0.2, 0) is 21.7 Å². The first-order valence-corrected chi connectivity index (χ1v) is 22.7. The molecule has 0 saturated carbocycles. The highest BCUT2D eigenvalue weighted by Crippen LogP contribution is 2.46. The number of pyridine rings is 1. The van der Waals surface area contributed by atoms with Crippen molar-refractivity contribution in [2.75, 3.05) is 16.5 Å². The third-order valence-electron chi connectivity index (χ3n) is 13.0. The van der Waals surface area contributed by atoms with Crippen LogP contribution in [0.4, 0.5) is 11.4 Å². The summed E-state index contributed by atoms with van der Waals surface area (Å²) in [6.07, 6.45) is 4.25. The highest BCUT2D eigenvalue weighted by molar-refractivity contribution is 6.11. The zero-order valence-electron chi connectivity index (χ0n) is 39.5. The summed E-state index contributed by atoms with van der Waals surface area (Å²) in [4.78, 5) is 9.83. The van der Waals surface area contributed by atoms with Crippen LogP contribution in [0.2, 0.25) is 0 Å². The van der Waals surface area contributed by atoms with Crippen LogP contribution in [0, 0.1) is 0 Å². The van der Waals surface area contributed by atoms with Crippen LogP contribution in [0.15, 0.2) is 164 Å². The van der Waals surface area contributed by atoms with E-state index in [0.717, 1.165) is 39.7 Å². The predicted molar refractivity (Wildman–Crippen MR) is 270 cm³/mol. The SMILES string of the molecule is CC(C)(C)c1cc(Oc2cc(C(C)(C)c3ccccc3)c3c4ccccc4n(-c4cc(C(C)(C)C)ccn4)c3c2)cc(N2C=C(c3ccccc3)N(c3cccc(C(C)(C)C)c3)C2)c1. The second-order valence-corrected chi connectivity index (χ2v) is 21.1. The third-order valence-corrected chi connectivity index (χ3v) is 13.0. The number of benzene rings is 6. The molecule has 2 aromatic heterocycles. The molecule has 0 saturated heterocycles. The molecule has 8 aromatic rings. The number of fused-ring (bicyclic) bond motifs is 3.